The Morgan fingerprint density at radius 3 is 3.08 bits per heavy atom. The fourth-order valence-electron chi connectivity index (χ4n) is 1.10. The maximum atomic E-state index is 10.8. The summed E-state index contributed by atoms with van der Waals surface area (Å²) in [5, 5.41) is 0. The summed E-state index contributed by atoms with van der Waals surface area (Å²) in [4.78, 5) is 22.5. The van der Waals surface area contributed by atoms with Crippen molar-refractivity contribution in [3.8, 4) is 0 Å². The molecule has 0 saturated heterocycles. The molecule has 12 heavy (non-hydrogen) atoms. The number of carbonyl (C=O) groups is 1. The van der Waals surface area contributed by atoms with Gasteiger partial charge in [0.1, 0.15) is 12.0 Å². The molecule has 1 amide bonds. The molecule has 2 rings (SSSR count). The molecular weight excluding hydrogens is 156 g/mol. The Morgan fingerprint density at radius 1 is 1.50 bits per heavy atom. The van der Waals surface area contributed by atoms with Gasteiger partial charge in [0.25, 0.3) is 5.91 Å². The number of aromatic nitrogens is 2. The summed E-state index contributed by atoms with van der Waals surface area (Å²) >= 11 is 0. The van der Waals surface area contributed by atoms with Crippen LogP contribution in [0.3, 0.4) is 0 Å². The van der Waals surface area contributed by atoms with Crippen LogP contribution in [-0.4, -0.2) is 22.1 Å². The lowest BCUT2D eigenvalue weighted by Crippen LogP contribution is -2.13. The van der Waals surface area contributed by atoms with Gasteiger partial charge in [0, 0.05) is 12.6 Å². The fraction of sp³-hybridized carbons (Fsp3) is 0.143. The van der Waals surface area contributed by atoms with Gasteiger partial charge in [0.2, 0.25) is 0 Å². The van der Waals surface area contributed by atoms with Crippen LogP contribution < -0.4 is 5.73 Å². The molecule has 60 valence electrons. The number of rotatable bonds is 1. The third kappa shape index (κ3) is 0.868. The second kappa shape index (κ2) is 2.37. The predicted molar refractivity (Wildman–Crippen MR) is 42.4 cm³/mol. The highest BCUT2D eigenvalue weighted by Gasteiger charge is 2.16. The number of nitrogens with zero attached hydrogens (tertiary/aromatic N) is 3. The minimum absolute atomic E-state index is 0.203. The van der Waals surface area contributed by atoms with Crippen LogP contribution in [0.15, 0.2) is 11.3 Å². The molecule has 2 heterocycles. The number of hydrogen-bond donors (Lipinski definition) is 1. The molecule has 0 fully saturated rings. The molecule has 0 radical (unpaired) electrons. The van der Waals surface area contributed by atoms with Crippen LogP contribution in [0.25, 0.3) is 0 Å². The average molecular weight is 162 g/mol. The monoisotopic (exact) mass is 162 g/mol. The van der Waals surface area contributed by atoms with Gasteiger partial charge in [-0.25, -0.2) is 9.97 Å². The lowest BCUT2D eigenvalue weighted by molar-refractivity contribution is 0.0996. The SMILES string of the molecule is NC(=O)c1ncnc2c1N=CC2. The van der Waals surface area contributed by atoms with Crippen LogP contribution in [-0.2, 0) is 6.42 Å². The van der Waals surface area contributed by atoms with Crippen molar-refractivity contribution < 1.29 is 4.79 Å². The lowest BCUT2D eigenvalue weighted by Gasteiger charge is -1.98. The Hall–Kier alpha value is -1.78. The molecule has 5 heteroatoms. The number of carbonyl (C=O) groups excluding carboxylic acids is 1. The third-order valence-electron chi connectivity index (χ3n) is 1.64. The van der Waals surface area contributed by atoms with E-state index in [4.69, 9.17) is 5.73 Å². The van der Waals surface area contributed by atoms with Crippen molar-refractivity contribution in [2.24, 2.45) is 10.7 Å². The van der Waals surface area contributed by atoms with Crippen molar-refractivity contribution in [1.29, 1.82) is 0 Å². The smallest absolute Gasteiger partial charge is 0.269 e. The first-order valence-corrected chi connectivity index (χ1v) is 3.45. The zero-order valence-electron chi connectivity index (χ0n) is 6.19. The van der Waals surface area contributed by atoms with Gasteiger partial charge in [-0.05, 0) is 0 Å². The highest BCUT2D eigenvalue weighted by atomic mass is 16.1. The molecule has 0 unspecified atom stereocenters. The average Bonchev–Trinajstić information content (AvgIpc) is 2.49. The number of aliphatic imine (C=N–C) groups is 1. The second-order valence-electron chi connectivity index (χ2n) is 2.40. The van der Waals surface area contributed by atoms with E-state index in [1.165, 1.54) is 6.33 Å². The zero-order valence-corrected chi connectivity index (χ0v) is 6.19. The zero-order chi connectivity index (χ0) is 8.55. The van der Waals surface area contributed by atoms with Gasteiger partial charge < -0.3 is 5.73 Å². The first kappa shape index (κ1) is 6.90. The largest absolute Gasteiger partial charge is 0.364 e. The molecule has 0 bridgehead atoms. The molecule has 0 aliphatic carbocycles. The maximum absolute atomic E-state index is 10.8. The van der Waals surface area contributed by atoms with Crippen molar-refractivity contribution in [3.63, 3.8) is 0 Å². The summed E-state index contributed by atoms with van der Waals surface area (Å²) in [7, 11) is 0. The molecule has 2 N–H and O–H groups in total. The minimum atomic E-state index is -0.562. The first-order valence-electron chi connectivity index (χ1n) is 3.45. The standard InChI is InChI=1S/C7H6N4O/c8-7(12)6-5-4(1-2-9-5)10-3-11-6/h2-3H,1H2,(H2,8,12). The quantitative estimate of drug-likeness (QED) is 0.622. The topological polar surface area (TPSA) is 81.2 Å². The van der Waals surface area contributed by atoms with E-state index in [2.05, 4.69) is 15.0 Å². The van der Waals surface area contributed by atoms with Crippen LogP contribution in [0.4, 0.5) is 5.69 Å². The van der Waals surface area contributed by atoms with Crippen LogP contribution >= 0.6 is 0 Å². The summed E-state index contributed by atoms with van der Waals surface area (Å²) in [6.07, 6.45) is 3.66. The van der Waals surface area contributed by atoms with Crippen molar-refractivity contribution in [3.05, 3.63) is 17.7 Å². The fourth-order valence-corrected chi connectivity index (χ4v) is 1.10. The van der Waals surface area contributed by atoms with Gasteiger partial charge in [0.05, 0.1) is 5.69 Å². The van der Waals surface area contributed by atoms with Gasteiger partial charge >= 0.3 is 0 Å². The molecule has 1 aromatic heterocycles. The summed E-state index contributed by atoms with van der Waals surface area (Å²) in [6.45, 7) is 0. The normalized spacial score (nSPS) is 13.0. The van der Waals surface area contributed by atoms with Gasteiger partial charge in [-0.1, -0.05) is 0 Å². The first-order chi connectivity index (χ1) is 5.79. The Kier molecular flexibility index (Phi) is 1.36. The van der Waals surface area contributed by atoms with Crippen LogP contribution in [0.5, 0.6) is 0 Å². The highest BCUT2D eigenvalue weighted by Crippen LogP contribution is 2.24. The minimum Gasteiger partial charge on any atom is -0.364 e. The summed E-state index contributed by atoms with van der Waals surface area (Å²) in [6, 6.07) is 0. The van der Waals surface area contributed by atoms with E-state index in [9.17, 15) is 4.79 Å². The van der Waals surface area contributed by atoms with Crippen molar-refractivity contribution in [1.82, 2.24) is 9.97 Å². The Bertz CT molecular complexity index is 372. The summed E-state index contributed by atoms with van der Waals surface area (Å²) in [5.41, 5.74) is 6.57. The molecular formula is C7H6N4O. The molecule has 0 atom stereocenters. The third-order valence-corrected chi connectivity index (χ3v) is 1.64. The van der Waals surface area contributed by atoms with E-state index in [1.807, 2.05) is 0 Å². The van der Waals surface area contributed by atoms with Gasteiger partial charge in [-0.15, -0.1) is 0 Å². The summed E-state index contributed by atoms with van der Waals surface area (Å²) in [5.74, 6) is -0.562. The van der Waals surface area contributed by atoms with E-state index in [1.54, 1.807) is 6.21 Å². The Balaban J connectivity index is 2.63. The molecule has 0 saturated carbocycles. The van der Waals surface area contributed by atoms with E-state index in [0.717, 1.165) is 5.69 Å². The molecule has 1 aliphatic heterocycles. The molecule has 1 aromatic rings. The van der Waals surface area contributed by atoms with Gasteiger partial charge in [-0.3, -0.25) is 9.79 Å². The molecule has 0 aromatic carbocycles. The lowest BCUT2D eigenvalue weighted by atomic mass is 10.2. The number of nitrogens with two attached hydrogens (primary N) is 1. The Labute approximate surface area is 68.4 Å². The van der Waals surface area contributed by atoms with Gasteiger partial charge in [0.15, 0.2) is 5.69 Å². The maximum Gasteiger partial charge on any atom is 0.269 e. The predicted octanol–water partition coefficient (Wildman–Crippen LogP) is -0.166. The van der Waals surface area contributed by atoms with E-state index >= 15 is 0 Å². The number of primary amides is 1. The highest BCUT2D eigenvalue weighted by molar-refractivity contribution is 5.98. The molecule has 0 spiro atoms. The summed E-state index contributed by atoms with van der Waals surface area (Å²) < 4.78 is 0. The molecule has 1 aliphatic rings. The number of fused-ring (bicyclic) bond motifs is 1. The van der Waals surface area contributed by atoms with E-state index in [0.29, 0.717) is 12.1 Å². The van der Waals surface area contributed by atoms with E-state index < -0.39 is 5.91 Å². The van der Waals surface area contributed by atoms with E-state index in [-0.39, 0.29) is 5.69 Å². The second-order valence-corrected chi connectivity index (χ2v) is 2.40. The van der Waals surface area contributed by atoms with Crippen LogP contribution in [0.2, 0.25) is 0 Å². The molecule has 5 nitrogen and oxygen atoms in total. The van der Waals surface area contributed by atoms with Gasteiger partial charge in [-0.2, -0.15) is 0 Å². The van der Waals surface area contributed by atoms with Crippen molar-refractivity contribution in [2.45, 2.75) is 6.42 Å². The Morgan fingerprint density at radius 2 is 2.33 bits per heavy atom. The van der Waals surface area contributed by atoms with Crippen LogP contribution in [0, 0.1) is 0 Å². The number of hydrogen-bond acceptors (Lipinski definition) is 4. The van der Waals surface area contributed by atoms with Crippen molar-refractivity contribution in [2.75, 3.05) is 0 Å². The van der Waals surface area contributed by atoms with Crippen molar-refractivity contribution >= 4 is 17.8 Å². The number of amides is 1. The van der Waals surface area contributed by atoms with Crippen LogP contribution in [0.1, 0.15) is 16.2 Å².